The van der Waals surface area contributed by atoms with Crippen LogP contribution in [0.2, 0.25) is 0 Å². The summed E-state index contributed by atoms with van der Waals surface area (Å²) in [5.74, 6) is 3.39. The van der Waals surface area contributed by atoms with Crippen molar-refractivity contribution in [3.63, 3.8) is 0 Å². The molecular formula is C22H29N3O2. The third-order valence-corrected chi connectivity index (χ3v) is 7.05. The second-order valence-electron chi connectivity index (χ2n) is 8.83. The van der Waals surface area contributed by atoms with E-state index in [0.29, 0.717) is 17.9 Å². The van der Waals surface area contributed by atoms with Crippen LogP contribution in [0.3, 0.4) is 0 Å². The molecule has 0 radical (unpaired) electrons. The summed E-state index contributed by atoms with van der Waals surface area (Å²) in [6.07, 6.45) is 9.72. The molecule has 6 rings (SSSR count). The van der Waals surface area contributed by atoms with Gasteiger partial charge in [0.15, 0.2) is 5.82 Å². The Hall–Kier alpha value is -2.04. The fourth-order valence-corrected chi connectivity index (χ4v) is 4.96. The largest absolute Gasteiger partial charge is 0.494 e. The number of hydrogen-bond acceptors (Lipinski definition) is 5. The lowest BCUT2D eigenvalue weighted by atomic mass is 9.53. The van der Waals surface area contributed by atoms with Gasteiger partial charge in [0.2, 0.25) is 5.89 Å². The molecule has 0 unspecified atom stereocenters. The molecule has 5 nitrogen and oxygen atoms in total. The highest BCUT2D eigenvalue weighted by molar-refractivity contribution is 5.48. The molecule has 27 heavy (non-hydrogen) atoms. The van der Waals surface area contributed by atoms with Gasteiger partial charge < -0.3 is 14.6 Å². The van der Waals surface area contributed by atoms with Crippen LogP contribution >= 0.6 is 0 Å². The summed E-state index contributed by atoms with van der Waals surface area (Å²) in [6.45, 7) is 3.76. The SMILES string of the molecule is CCOc1cccc(NCC23CCC(c4nc(C5CC5)no4)(CC2)CC3)c1. The first-order valence-electron chi connectivity index (χ1n) is 10.5. The molecule has 0 spiro atoms. The number of rotatable bonds is 7. The van der Waals surface area contributed by atoms with E-state index in [4.69, 9.17) is 14.2 Å². The summed E-state index contributed by atoms with van der Waals surface area (Å²) in [4.78, 5) is 4.80. The van der Waals surface area contributed by atoms with Crippen LogP contribution in [0.5, 0.6) is 5.75 Å². The van der Waals surface area contributed by atoms with Crippen molar-refractivity contribution in [3.8, 4) is 5.75 Å². The molecule has 0 amide bonds. The van der Waals surface area contributed by atoms with Crippen molar-refractivity contribution in [3.05, 3.63) is 36.0 Å². The Kier molecular flexibility index (Phi) is 4.14. The zero-order valence-electron chi connectivity index (χ0n) is 16.2. The van der Waals surface area contributed by atoms with Crippen LogP contribution in [0.4, 0.5) is 5.69 Å². The van der Waals surface area contributed by atoms with Gasteiger partial charge >= 0.3 is 0 Å². The highest BCUT2D eigenvalue weighted by Gasteiger charge is 2.52. The maximum absolute atomic E-state index is 5.73. The molecule has 5 heteroatoms. The van der Waals surface area contributed by atoms with Crippen LogP contribution in [-0.4, -0.2) is 23.3 Å². The molecule has 1 aromatic heterocycles. The van der Waals surface area contributed by atoms with Crippen molar-refractivity contribution in [2.45, 2.75) is 69.6 Å². The highest BCUT2D eigenvalue weighted by Crippen LogP contribution is 2.57. The van der Waals surface area contributed by atoms with E-state index in [9.17, 15) is 0 Å². The number of hydrogen-bond donors (Lipinski definition) is 1. The molecular weight excluding hydrogens is 338 g/mol. The van der Waals surface area contributed by atoms with E-state index < -0.39 is 0 Å². The van der Waals surface area contributed by atoms with Crippen LogP contribution in [0, 0.1) is 5.41 Å². The number of ether oxygens (including phenoxy) is 1. The maximum Gasteiger partial charge on any atom is 0.232 e. The number of aromatic nitrogens is 2. The van der Waals surface area contributed by atoms with Crippen LogP contribution in [0.25, 0.3) is 0 Å². The minimum absolute atomic E-state index is 0.150. The van der Waals surface area contributed by atoms with Crippen LogP contribution in [-0.2, 0) is 5.41 Å². The molecule has 1 heterocycles. The molecule has 4 saturated carbocycles. The Morgan fingerprint density at radius 2 is 1.93 bits per heavy atom. The van der Waals surface area contributed by atoms with E-state index in [1.807, 2.05) is 13.0 Å². The average molecular weight is 367 g/mol. The van der Waals surface area contributed by atoms with Gasteiger partial charge in [-0.1, -0.05) is 11.2 Å². The minimum atomic E-state index is 0.150. The molecule has 0 aliphatic heterocycles. The summed E-state index contributed by atoms with van der Waals surface area (Å²) in [5.41, 5.74) is 1.71. The lowest BCUT2D eigenvalue weighted by Gasteiger charge is -2.52. The first kappa shape index (κ1) is 17.1. The summed E-state index contributed by atoms with van der Waals surface area (Å²) in [6, 6.07) is 8.31. The van der Waals surface area contributed by atoms with Gasteiger partial charge in [-0.15, -0.1) is 0 Å². The summed E-state index contributed by atoms with van der Waals surface area (Å²) >= 11 is 0. The van der Waals surface area contributed by atoms with E-state index in [1.54, 1.807) is 0 Å². The van der Waals surface area contributed by atoms with Gasteiger partial charge in [-0.05, 0) is 75.8 Å². The Labute approximate surface area is 160 Å². The Bertz CT molecular complexity index is 787. The van der Waals surface area contributed by atoms with Crippen LogP contribution < -0.4 is 10.1 Å². The molecule has 4 aliphatic rings. The van der Waals surface area contributed by atoms with Crippen molar-refractivity contribution in [1.82, 2.24) is 10.1 Å². The zero-order chi connectivity index (χ0) is 18.3. The quantitative estimate of drug-likeness (QED) is 0.742. The van der Waals surface area contributed by atoms with Gasteiger partial charge in [0, 0.05) is 29.6 Å². The molecule has 2 bridgehead atoms. The Morgan fingerprint density at radius 3 is 2.63 bits per heavy atom. The molecule has 2 aromatic rings. The van der Waals surface area contributed by atoms with Crippen LogP contribution in [0.15, 0.2) is 28.8 Å². The van der Waals surface area contributed by atoms with E-state index in [0.717, 1.165) is 29.7 Å². The third-order valence-electron chi connectivity index (χ3n) is 7.05. The smallest absolute Gasteiger partial charge is 0.232 e. The first-order valence-corrected chi connectivity index (χ1v) is 10.5. The molecule has 4 fully saturated rings. The Morgan fingerprint density at radius 1 is 1.15 bits per heavy atom. The minimum Gasteiger partial charge on any atom is -0.494 e. The monoisotopic (exact) mass is 367 g/mol. The second-order valence-corrected chi connectivity index (χ2v) is 8.83. The lowest BCUT2D eigenvalue weighted by Crippen LogP contribution is -2.47. The van der Waals surface area contributed by atoms with Gasteiger partial charge in [-0.25, -0.2) is 0 Å². The average Bonchev–Trinajstić information content (AvgIpc) is 3.45. The second kappa shape index (κ2) is 6.54. The molecule has 4 aliphatic carbocycles. The number of nitrogens with one attached hydrogen (secondary N) is 1. The third kappa shape index (κ3) is 3.21. The molecule has 1 aromatic carbocycles. The summed E-state index contributed by atoms with van der Waals surface area (Å²) in [5, 5.41) is 7.95. The van der Waals surface area contributed by atoms with Gasteiger partial charge in [-0.3, -0.25) is 0 Å². The van der Waals surface area contributed by atoms with E-state index in [1.165, 1.54) is 51.4 Å². The molecule has 1 N–H and O–H groups in total. The van der Waals surface area contributed by atoms with E-state index in [-0.39, 0.29) is 5.41 Å². The van der Waals surface area contributed by atoms with Crippen molar-refractivity contribution in [2.24, 2.45) is 5.41 Å². The summed E-state index contributed by atoms with van der Waals surface area (Å²) < 4.78 is 11.4. The zero-order valence-corrected chi connectivity index (χ0v) is 16.2. The normalized spacial score (nSPS) is 29.7. The summed E-state index contributed by atoms with van der Waals surface area (Å²) in [7, 11) is 0. The van der Waals surface area contributed by atoms with Crippen molar-refractivity contribution < 1.29 is 9.26 Å². The molecule has 144 valence electrons. The predicted octanol–water partition coefficient (Wildman–Crippen LogP) is 5.05. The van der Waals surface area contributed by atoms with Crippen molar-refractivity contribution >= 4 is 5.69 Å². The van der Waals surface area contributed by atoms with Gasteiger partial charge in [0.1, 0.15) is 5.75 Å². The number of nitrogens with zero attached hydrogens (tertiary/aromatic N) is 2. The fraction of sp³-hybridized carbons (Fsp3) is 0.636. The van der Waals surface area contributed by atoms with E-state index in [2.05, 4.69) is 28.7 Å². The van der Waals surface area contributed by atoms with Gasteiger partial charge in [-0.2, -0.15) is 4.98 Å². The topological polar surface area (TPSA) is 60.2 Å². The van der Waals surface area contributed by atoms with Crippen molar-refractivity contribution in [1.29, 1.82) is 0 Å². The van der Waals surface area contributed by atoms with Crippen LogP contribution in [0.1, 0.15) is 75.9 Å². The number of benzene rings is 1. The van der Waals surface area contributed by atoms with Gasteiger partial charge in [0.25, 0.3) is 0 Å². The molecule has 0 atom stereocenters. The standard InChI is InChI=1S/C22H29N3O2/c1-2-26-18-5-3-4-17(14-18)23-15-21-8-11-22(12-9-21,13-10-21)20-24-19(25-27-20)16-6-7-16/h3-5,14,16,23H,2,6-13,15H2,1H3. The van der Waals surface area contributed by atoms with E-state index >= 15 is 0 Å². The number of anilines is 1. The highest BCUT2D eigenvalue weighted by atomic mass is 16.5. The lowest BCUT2D eigenvalue weighted by molar-refractivity contribution is 0.0322. The van der Waals surface area contributed by atoms with Gasteiger partial charge in [0.05, 0.1) is 6.61 Å². The van der Waals surface area contributed by atoms with Crippen molar-refractivity contribution in [2.75, 3.05) is 18.5 Å². The predicted molar refractivity (Wildman–Crippen MR) is 104 cm³/mol. The first-order chi connectivity index (χ1) is 13.2. The number of fused-ring (bicyclic) bond motifs is 3. The Balaban J connectivity index is 1.23. The maximum atomic E-state index is 5.73. The molecule has 0 saturated heterocycles. The fourth-order valence-electron chi connectivity index (χ4n) is 4.96.